The maximum atomic E-state index is 12.8. The van der Waals surface area contributed by atoms with Gasteiger partial charge >= 0.3 is 0 Å². The van der Waals surface area contributed by atoms with Crippen molar-refractivity contribution < 1.29 is 9.53 Å². The molecule has 0 radical (unpaired) electrons. The first-order valence-corrected chi connectivity index (χ1v) is 10.5. The fourth-order valence-electron chi connectivity index (χ4n) is 3.00. The van der Waals surface area contributed by atoms with Crippen molar-refractivity contribution in [2.24, 2.45) is 10.2 Å². The van der Waals surface area contributed by atoms with Crippen molar-refractivity contribution in [1.82, 2.24) is 9.99 Å². The van der Waals surface area contributed by atoms with Crippen LogP contribution in [0.4, 0.5) is 5.69 Å². The number of hydrazone groups is 2. The Balaban J connectivity index is 1.46. The summed E-state index contributed by atoms with van der Waals surface area (Å²) >= 11 is 1.51. The number of anilines is 1. The largest absolute Gasteiger partial charge is 0.492 e. The van der Waals surface area contributed by atoms with E-state index < -0.39 is 0 Å². The monoisotopic (exact) mass is 419 g/mol. The van der Waals surface area contributed by atoms with Gasteiger partial charge in [-0.15, -0.1) is 11.3 Å². The van der Waals surface area contributed by atoms with E-state index in [1.165, 1.54) is 16.3 Å². The zero-order chi connectivity index (χ0) is 20.9. The normalized spacial score (nSPS) is 14.9. The second kappa shape index (κ2) is 8.87. The molecular weight excluding hydrogens is 398 g/mol. The van der Waals surface area contributed by atoms with Crippen molar-refractivity contribution in [1.29, 1.82) is 0 Å². The van der Waals surface area contributed by atoms with E-state index in [1.807, 2.05) is 66.9 Å². The van der Waals surface area contributed by atoms with Crippen molar-refractivity contribution >= 4 is 34.4 Å². The number of carbonyl (C=O) groups is 1. The average Bonchev–Trinajstić information content (AvgIpc) is 3.33. The molecule has 1 aliphatic heterocycles. The van der Waals surface area contributed by atoms with Gasteiger partial charge in [0.1, 0.15) is 10.8 Å². The summed E-state index contributed by atoms with van der Waals surface area (Å²) in [5.74, 6) is 0.419. The molecule has 0 aliphatic carbocycles. The van der Waals surface area contributed by atoms with Crippen LogP contribution < -0.4 is 10.2 Å². The fraction of sp³-hybridized carbons (Fsp3) is 0.182. The molecule has 0 saturated heterocycles. The van der Waals surface area contributed by atoms with Crippen molar-refractivity contribution in [3.63, 3.8) is 0 Å². The van der Waals surface area contributed by atoms with E-state index in [9.17, 15) is 4.79 Å². The van der Waals surface area contributed by atoms with Crippen LogP contribution in [0.2, 0.25) is 0 Å². The number of ether oxygens (including phenoxy) is 1. The maximum Gasteiger partial charge on any atom is 0.296 e. The van der Waals surface area contributed by atoms with Gasteiger partial charge in [0, 0.05) is 10.9 Å². The molecule has 0 bridgehead atoms. The molecular formula is C22H21N5O2S. The number of aromatic nitrogens is 1. The van der Waals surface area contributed by atoms with Crippen LogP contribution in [0.5, 0.6) is 5.75 Å². The minimum absolute atomic E-state index is 0.259. The average molecular weight is 420 g/mol. The van der Waals surface area contributed by atoms with Crippen LogP contribution in [-0.2, 0) is 11.3 Å². The van der Waals surface area contributed by atoms with E-state index in [0.29, 0.717) is 30.3 Å². The molecule has 0 saturated carbocycles. The van der Waals surface area contributed by atoms with E-state index >= 15 is 0 Å². The summed E-state index contributed by atoms with van der Waals surface area (Å²) < 4.78 is 5.58. The summed E-state index contributed by atoms with van der Waals surface area (Å²) in [4.78, 5) is 17.5. The molecule has 152 valence electrons. The van der Waals surface area contributed by atoms with E-state index in [1.54, 1.807) is 6.92 Å². The zero-order valence-corrected chi connectivity index (χ0v) is 17.5. The second-order valence-corrected chi connectivity index (χ2v) is 7.48. The van der Waals surface area contributed by atoms with Crippen LogP contribution in [0.25, 0.3) is 11.3 Å². The molecule has 30 heavy (non-hydrogen) atoms. The number of hydrogen-bond acceptors (Lipinski definition) is 7. The van der Waals surface area contributed by atoms with Gasteiger partial charge in [-0.25, -0.2) is 9.99 Å². The lowest BCUT2D eigenvalue weighted by atomic mass is 10.2. The minimum atomic E-state index is -0.259. The summed E-state index contributed by atoms with van der Waals surface area (Å²) in [6.45, 7) is 4.53. The molecule has 0 unspecified atom stereocenters. The molecule has 0 atom stereocenters. The summed E-state index contributed by atoms with van der Waals surface area (Å²) in [5, 5.41) is 12.9. The van der Waals surface area contributed by atoms with Crippen molar-refractivity contribution in [3.05, 3.63) is 65.0 Å². The number of amides is 1. The molecule has 2 heterocycles. The third kappa shape index (κ3) is 4.23. The molecule has 1 aromatic heterocycles. The van der Waals surface area contributed by atoms with Gasteiger partial charge in [-0.1, -0.05) is 42.5 Å². The highest BCUT2D eigenvalue weighted by molar-refractivity contribution is 7.10. The molecule has 0 spiro atoms. The van der Waals surface area contributed by atoms with Gasteiger partial charge in [0.2, 0.25) is 0 Å². The molecule has 1 aliphatic rings. The Morgan fingerprint density at radius 3 is 2.70 bits per heavy atom. The highest BCUT2D eigenvalue weighted by Crippen LogP contribution is 2.25. The Labute approximate surface area is 178 Å². The maximum absolute atomic E-state index is 12.8. The number of para-hydroxylation sites is 2. The van der Waals surface area contributed by atoms with E-state index in [0.717, 1.165) is 16.3 Å². The number of nitrogens with zero attached hydrogens (tertiary/aromatic N) is 4. The van der Waals surface area contributed by atoms with Crippen molar-refractivity contribution in [2.75, 3.05) is 12.0 Å². The standard InChI is InChI=1S/C22H21N5O2S/c1-3-29-19-12-8-7-11-17(19)24-25-21-15(2)26-27(22(21)28)13-20-23-18(14-30-20)16-9-5-4-6-10-16/h4-12,14,24H,3,13H2,1-2H3/b25-21+. The molecule has 2 aromatic carbocycles. The molecule has 1 amide bonds. The minimum Gasteiger partial charge on any atom is -0.492 e. The number of rotatable bonds is 7. The highest BCUT2D eigenvalue weighted by atomic mass is 32.1. The summed E-state index contributed by atoms with van der Waals surface area (Å²) in [7, 11) is 0. The molecule has 8 heteroatoms. The van der Waals surface area contributed by atoms with Gasteiger partial charge in [-0.2, -0.15) is 10.2 Å². The number of benzene rings is 2. The van der Waals surface area contributed by atoms with E-state index in [2.05, 4.69) is 20.6 Å². The van der Waals surface area contributed by atoms with Gasteiger partial charge in [-0.3, -0.25) is 10.2 Å². The quantitative estimate of drug-likeness (QED) is 0.576. The smallest absolute Gasteiger partial charge is 0.296 e. The van der Waals surface area contributed by atoms with Gasteiger partial charge < -0.3 is 4.74 Å². The van der Waals surface area contributed by atoms with Crippen LogP contribution >= 0.6 is 11.3 Å². The summed E-state index contributed by atoms with van der Waals surface area (Å²) in [6.07, 6.45) is 0. The number of nitrogens with one attached hydrogen (secondary N) is 1. The first kappa shape index (κ1) is 19.8. The SMILES string of the molecule is CCOc1ccccc1N/N=C1/C(=O)N(Cc2nc(-c3ccccc3)cs2)N=C1C. The molecule has 0 fully saturated rings. The van der Waals surface area contributed by atoms with Gasteiger partial charge in [0.05, 0.1) is 30.2 Å². The fourth-order valence-corrected chi connectivity index (χ4v) is 3.78. The zero-order valence-electron chi connectivity index (χ0n) is 16.7. The summed E-state index contributed by atoms with van der Waals surface area (Å²) in [5.41, 5.74) is 6.40. The Morgan fingerprint density at radius 1 is 1.13 bits per heavy atom. The lowest BCUT2D eigenvalue weighted by Crippen LogP contribution is -2.27. The van der Waals surface area contributed by atoms with Gasteiger partial charge in [0.15, 0.2) is 5.71 Å². The number of thiazole rings is 1. The molecule has 7 nitrogen and oxygen atoms in total. The Bertz CT molecular complexity index is 1110. The molecule has 3 aromatic rings. The van der Waals surface area contributed by atoms with Crippen molar-refractivity contribution in [3.8, 4) is 17.0 Å². The predicted octanol–water partition coefficient (Wildman–Crippen LogP) is 4.40. The van der Waals surface area contributed by atoms with E-state index in [-0.39, 0.29) is 11.6 Å². The molecule has 4 rings (SSSR count). The Morgan fingerprint density at radius 2 is 1.90 bits per heavy atom. The lowest BCUT2D eigenvalue weighted by molar-refractivity contribution is -0.123. The van der Waals surface area contributed by atoms with Crippen LogP contribution in [0.1, 0.15) is 18.9 Å². The lowest BCUT2D eigenvalue weighted by Gasteiger charge is -2.10. The number of hydrogen-bond donors (Lipinski definition) is 1. The Hall–Kier alpha value is -3.52. The van der Waals surface area contributed by atoms with Gasteiger partial charge in [0.25, 0.3) is 5.91 Å². The summed E-state index contributed by atoms with van der Waals surface area (Å²) in [6, 6.07) is 17.4. The third-order valence-corrected chi connectivity index (χ3v) is 5.27. The van der Waals surface area contributed by atoms with E-state index in [4.69, 9.17) is 4.74 Å². The molecule has 1 N–H and O–H groups in total. The first-order valence-electron chi connectivity index (χ1n) is 9.58. The van der Waals surface area contributed by atoms with Crippen LogP contribution in [-0.4, -0.2) is 33.9 Å². The second-order valence-electron chi connectivity index (χ2n) is 6.54. The van der Waals surface area contributed by atoms with Gasteiger partial charge in [-0.05, 0) is 26.0 Å². The third-order valence-electron chi connectivity index (χ3n) is 4.43. The van der Waals surface area contributed by atoms with Crippen LogP contribution in [0, 0.1) is 0 Å². The first-order chi connectivity index (χ1) is 14.7. The van der Waals surface area contributed by atoms with Crippen LogP contribution in [0.3, 0.4) is 0 Å². The topological polar surface area (TPSA) is 79.2 Å². The number of carbonyl (C=O) groups excluding carboxylic acids is 1. The van der Waals surface area contributed by atoms with Crippen molar-refractivity contribution in [2.45, 2.75) is 20.4 Å². The Kier molecular flexibility index (Phi) is 5.85. The van der Waals surface area contributed by atoms with Crippen LogP contribution in [0.15, 0.2) is 70.2 Å². The highest BCUT2D eigenvalue weighted by Gasteiger charge is 2.30. The predicted molar refractivity (Wildman–Crippen MR) is 120 cm³/mol.